The van der Waals surface area contributed by atoms with Gasteiger partial charge in [-0.05, 0) is 58.4 Å². The molecule has 2 aromatic heterocycles. The normalized spacial score (nSPS) is 10.5. The molecule has 8 heteroatoms. The molecule has 0 unspecified atom stereocenters. The van der Waals surface area contributed by atoms with Crippen molar-refractivity contribution >= 4 is 27.5 Å². The van der Waals surface area contributed by atoms with Gasteiger partial charge in [0.1, 0.15) is 12.1 Å². The van der Waals surface area contributed by atoms with E-state index in [2.05, 4.69) is 36.4 Å². The Hall–Kier alpha value is -3.52. The molecule has 0 fully saturated rings. The van der Waals surface area contributed by atoms with E-state index < -0.39 is 0 Å². The Bertz CT molecular complexity index is 1080. The molecule has 0 radical (unpaired) electrons. The minimum absolute atomic E-state index is 0.192. The number of carbonyl (C=O) groups excluding carboxylic acids is 1. The molecule has 0 saturated heterocycles. The zero-order valence-electron chi connectivity index (χ0n) is 14.5. The SMILES string of the molecule is O=C(Nc1ccc(Oc2ccc(-n3ccnc3)nn2)cc1)c1ccccc1Br. The van der Waals surface area contributed by atoms with Crippen molar-refractivity contribution in [1.29, 1.82) is 0 Å². The monoisotopic (exact) mass is 435 g/mol. The average molecular weight is 436 g/mol. The van der Waals surface area contributed by atoms with E-state index in [0.29, 0.717) is 28.7 Å². The van der Waals surface area contributed by atoms with Crippen LogP contribution in [0.5, 0.6) is 11.6 Å². The number of benzene rings is 2. The fourth-order valence-electron chi connectivity index (χ4n) is 2.47. The van der Waals surface area contributed by atoms with Gasteiger partial charge in [-0.1, -0.05) is 12.1 Å². The van der Waals surface area contributed by atoms with E-state index in [1.807, 2.05) is 18.2 Å². The van der Waals surface area contributed by atoms with Crippen molar-refractivity contribution in [2.45, 2.75) is 0 Å². The Morgan fingerprint density at radius 3 is 2.50 bits per heavy atom. The lowest BCUT2D eigenvalue weighted by molar-refractivity contribution is 0.102. The lowest BCUT2D eigenvalue weighted by Gasteiger charge is -2.08. The second-order valence-corrected chi connectivity index (χ2v) is 6.61. The molecule has 0 atom stereocenters. The van der Waals surface area contributed by atoms with Crippen LogP contribution in [0.3, 0.4) is 0 Å². The Labute approximate surface area is 169 Å². The van der Waals surface area contributed by atoms with Gasteiger partial charge in [0, 0.05) is 28.6 Å². The van der Waals surface area contributed by atoms with Gasteiger partial charge in [-0.15, -0.1) is 10.2 Å². The van der Waals surface area contributed by atoms with Crippen molar-refractivity contribution < 1.29 is 9.53 Å². The molecule has 0 aliphatic rings. The highest BCUT2D eigenvalue weighted by Gasteiger charge is 2.09. The van der Waals surface area contributed by atoms with Gasteiger partial charge in [-0.2, -0.15) is 0 Å². The van der Waals surface area contributed by atoms with Crippen molar-refractivity contribution in [2.24, 2.45) is 0 Å². The van der Waals surface area contributed by atoms with E-state index >= 15 is 0 Å². The first-order valence-corrected chi connectivity index (χ1v) is 9.14. The largest absolute Gasteiger partial charge is 0.438 e. The number of nitrogens with one attached hydrogen (secondary N) is 1. The van der Waals surface area contributed by atoms with Crippen molar-refractivity contribution in [3.8, 4) is 17.4 Å². The van der Waals surface area contributed by atoms with Gasteiger partial charge in [0.15, 0.2) is 5.82 Å². The lowest BCUT2D eigenvalue weighted by Crippen LogP contribution is -2.12. The summed E-state index contributed by atoms with van der Waals surface area (Å²) in [5.74, 6) is 1.41. The number of hydrogen-bond acceptors (Lipinski definition) is 5. The number of rotatable bonds is 5. The van der Waals surface area contributed by atoms with Crippen LogP contribution in [0, 0.1) is 0 Å². The first kappa shape index (κ1) is 17.9. The Morgan fingerprint density at radius 2 is 1.82 bits per heavy atom. The number of amides is 1. The highest BCUT2D eigenvalue weighted by Crippen LogP contribution is 2.23. The van der Waals surface area contributed by atoms with Gasteiger partial charge in [0.2, 0.25) is 5.88 Å². The van der Waals surface area contributed by atoms with Gasteiger partial charge in [0.05, 0.1) is 5.56 Å². The Balaban J connectivity index is 1.41. The van der Waals surface area contributed by atoms with E-state index in [1.54, 1.807) is 65.8 Å². The highest BCUT2D eigenvalue weighted by atomic mass is 79.9. The topological polar surface area (TPSA) is 81.9 Å². The molecule has 0 bridgehead atoms. The maximum Gasteiger partial charge on any atom is 0.256 e. The van der Waals surface area contributed by atoms with Gasteiger partial charge >= 0.3 is 0 Å². The summed E-state index contributed by atoms with van der Waals surface area (Å²) in [5.41, 5.74) is 1.23. The lowest BCUT2D eigenvalue weighted by atomic mass is 10.2. The average Bonchev–Trinajstić information content (AvgIpc) is 3.25. The van der Waals surface area contributed by atoms with E-state index in [9.17, 15) is 4.79 Å². The molecule has 4 rings (SSSR count). The maximum atomic E-state index is 12.3. The summed E-state index contributed by atoms with van der Waals surface area (Å²) < 4.78 is 8.19. The summed E-state index contributed by atoms with van der Waals surface area (Å²) >= 11 is 3.38. The fraction of sp³-hybridized carbons (Fsp3) is 0. The molecule has 1 N–H and O–H groups in total. The smallest absolute Gasteiger partial charge is 0.256 e. The number of anilines is 1. The molecular formula is C20H14BrN5O2. The molecule has 0 spiro atoms. The highest BCUT2D eigenvalue weighted by molar-refractivity contribution is 9.10. The Morgan fingerprint density at radius 1 is 1.00 bits per heavy atom. The second kappa shape index (κ2) is 8.01. The number of imidazole rings is 1. The van der Waals surface area contributed by atoms with E-state index in [1.165, 1.54) is 0 Å². The van der Waals surface area contributed by atoms with Crippen molar-refractivity contribution in [3.05, 3.63) is 89.4 Å². The molecule has 7 nitrogen and oxygen atoms in total. The van der Waals surface area contributed by atoms with Crippen LogP contribution in [0.1, 0.15) is 10.4 Å². The van der Waals surface area contributed by atoms with Crippen molar-refractivity contribution in [2.75, 3.05) is 5.32 Å². The number of hydrogen-bond donors (Lipinski definition) is 1. The van der Waals surface area contributed by atoms with Crippen LogP contribution < -0.4 is 10.1 Å². The zero-order chi connectivity index (χ0) is 19.3. The third-order valence-electron chi connectivity index (χ3n) is 3.85. The summed E-state index contributed by atoms with van der Waals surface area (Å²) in [7, 11) is 0. The summed E-state index contributed by atoms with van der Waals surface area (Å²) in [5, 5.41) is 11.0. The van der Waals surface area contributed by atoms with Crippen molar-refractivity contribution in [3.63, 3.8) is 0 Å². The molecule has 28 heavy (non-hydrogen) atoms. The Kier molecular flexibility index (Phi) is 5.11. The first-order valence-electron chi connectivity index (χ1n) is 8.35. The van der Waals surface area contributed by atoms with Crippen LogP contribution in [0.15, 0.2) is 83.9 Å². The predicted octanol–water partition coefficient (Wildman–Crippen LogP) is 4.47. The van der Waals surface area contributed by atoms with E-state index in [-0.39, 0.29) is 5.91 Å². The molecule has 2 heterocycles. The fourth-order valence-corrected chi connectivity index (χ4v) is 2.94. The summed E-state index contributed by atoms with van der Waals surface area (Å²) in [6, 6.07) is 17.8. The molecule has 0 aliphatic heterocycles. The quantitative estimate of drug-likeness (QED) is 0.499. The molecule has 4 aromatic rings. The number of ether oxygens (including phenoxy) is 1. The first-order chi connectivity index (χ1) is 13.7. The zero-order valence-corrected chi connectivity index (χ0v) is 16.1. The predicted molar refractivity (Wildman–Crippen MR) is 108 cm³/mol. The second-order valence-electron chi connectivity index (χ2n) is 5.76. The third kappa shape index (κ3) is 4.07. The number of aromatic nitrogens is 4. The van der Waals surface area contributed by atoms with Crippen LogP contribution in [0.25, 0.3) is 5.82 Å². The molecule has 0 saturated carbocycles. The summed E-state index contributed by atoms with van der Waals surface area (Å²) in [6.07, 6.45) is 5.10. The van der Waals surface area contributed by atoms with Crippen molar-refractivity contribution in [1.82, 2.24) is 19.7 Å². The van der Waals surface area contributed by atoms with Crippen LogP contribution in [0.2, 0.25) is 0 Å². The number of carbonyl (C=O) groups is 1. The minimum Gasteiger partial charge on any atom is -0.438 e. The van der Waals surface area contributed by atoms with Gasteiger partial charge in [-0.3, -0.25) is 9.36 Å². The molecule has 2 aromatic carbocycles. The van der Waals surface area contributed by atoms with Gasteiger partial charge in [-0.25, -0.2) is 4.98 Å². The molecule has 1 amide bonds. The number of nitrogens with zero attached hydrogens (tertiary/aromatic N) is 4. The summed E-state index contributed by atoms with van der Waals surface area (Å²) in [4.78, 5) is 16.3. The van der Waals surface area contributed by atoms with Gasteiger partial charge in [0.25, 0.3) is 5.91 Å². The third-order valence-corrected chi connectivity index (χ3v) is 4.54. The van der Waals surface area contributed by atoms with Crippen LogP contribution in [-0.2, 0) is 0 Å². The van der Waals surface area contributed by atoms with Crippen LogP contribution in [0.4, 0.5) is 5.69 Å². The van der Waals surface area contributed by atoms with Crippen LogP contribution in [-0.4, -0.2) is 25.7 Å². The maximum absolute atomic E-state index is 12.3. The standard InChI is InChI=1S/C20H14BrN5O2/c21-17-4-2-1-3-16(17)20(27)23-14-5-7-15(8-6-14)28-19-10-9-18(24-25-19)26-12-11-22-13-26/h1-13H,(H,23,27). The molecule has 138 valence electrons. The van der Waals surface area contributed by atoms with Gasteiger partial charge < -0.3 is 10.1 Å². The van der Waals surface area contributed by atoms with Crippen LogP contribution >= 0.6 is 15.9 Å². The van der Waals surface area contributed by atoms with E-state index in [4.69, 9.17) is 4.74 Å². The minimum atomic E-state index is -0.192. The van der Waals surface area contributed by atoms with E-state index in [0.717, 1.165) is 4.47 Å². The molecular weight excluding hydrogens is 422 g/mol. The number of halogens is 1. The molecule has 0 aliphatic carbocycles. The summed E-state index contributed by atoms with van der Waals surface area (Å²) in [6.45, 7) is 0.